The first-order valence-corrected chi connectivity index (χ1v) is 4.79. The Morgan fingerprint density at radius 3 is 1.11 bits per heavy atom. The van der Waals surface area contributed by atoms with Crippen LogP contribution in [0.5, 0.6) is 0 Å². The number of hydrogen-bond acceptors (Lipinski definition) is 0. The molecule has 0 N–H and O–H groups in total. The van der Waals surface area contributed by atoms with Gasteiger partial charge in [0.25, 0.3) is 0 Å². The van der Waals surface area contributed by atoms with E-state index in [-0.39, 0.29) is 0 Å². The van der Waals surface area contributed by atoms with Crippen LogP contribution in [0, 0.1) is 6.43 Å². The lowest BCUT2D eigenvalue weighted by Gasteiger charge is -2.37. The van der Waals surface area contributed by atoms with Crippen molar-refractivity contribution in [3.05, 3.63) is 6.43 Å². The molecule has 0 heterocycles. The minimum Gasteiger partial charge on any atom is -0.192 e. The average molecular weight is 427 g/mol. The second-order valence-corrected chi connectivity index (χ2v) is 4.41. The third kappa shape index (κ3) is 2.57. The molecule has 0 rings (SSSR count). The molecule has 0 nitrogen and oxygen atoms in total. The largest absolute Gasteiger partial charge is 0.387 e. The van der Waals surface area contributed by atoms with Crippen molar-refractivity contribution in [2.24, 2.45) is 0 Å². The van der Waals surface area contributed by atoms with Crippen LogP contribution in [0.15, 0.2) is 0 Å². The van der Waals surface area contributed by atoms with Crippen LogP contribution in [-0.2, 0) is 0 Å². The van der Waals surface area contributed by atoms with Gasteiger partial charge in [-0.2, -0.15) is 52.7 Å². The second-order valence-electron chi connectivity index (χ2n) is 3.06. The molecule has 115 valence electrons. The van der Waals surface area contributed by atoms with Crippen molar-refractivity contribution in [3.8, 4) is 0 Å². The Morgan fingerprint density at radius 2 is 0.895 bits per heavy atom. The molecular weight excluding hydrogens is 427 g/mol. The minimum absolute atomic E-state index is 0.706. The third-order valence-corrected chi connectivity index (χ3v) is 2.45. The van der Waals surface area contributed by atoms with Gasteiger partial charge in [-0.05, 0) is 0 Å². The van der Waals surface area contributed by atoms with Gasteiger partial charge in [0.1, 0.15) is 0 Å². The molecule has 0 spiro atoms. The molecule has 0 saturated heterocycles. The fraction of sp³-hybridized carbons (Fsp3) is 0.833. The highest BCUT2D eigenvalue weighted by Crippen LogP contribution is 2.60. The van der Waals surface area contributed by atoms with Crippen molar-refractivity contribution < 1.29 is 52.7 Å². The molecule has 0 aromatic heterocycles. The maximum atomic E-state index is 12.5. The van der Waals surface area contributed by atoms with Crippen LogP contribution in [0.1, 0.15) is 0 Å². The van der Waals surface area contributed by atoms with Crippen LogP contribution in [0.2, 0.25) is 0 Å². The van der Waals surface area contributed by atoms with E-state index in [1.807, 2.05) is 0 Å². The molecule has 13 heteroatoms. The van der Waals surface area contributed by atoms with E-state index in [1.54, 1.807) is 0 Å². The van der Waals surface area contributed by atoms with Crippen molar-refractivity contribution in [3.63, 3.8) is 0 Å². The highest BCUT2D eigenvalue weighted by molar-refractivity contribution is 14.1. The molecule has 0 aliphatic rings. The maximum absolute atomic E-state index is 12.5. The summed E-state index contributed by atoms with van der Waals surface area (Å²) in [4.78, 5) is 0. The number of alkyl halides is 11. The molecule has 0 bridgehead atoms. The first kappa shape index (κ1) is 18.9. The molecule has 0 aromatic rings. The van der Waals surface area contributed by atoms with Gasteiger partial charge in [-0.15, -0.1) is 0 Å². The van der Waals surface area contributed by atoms with Gasteiger partial charge in [0.15, 0.2) is 0 Å². The molecular formula is C6F12I. The summed E-state index contributed by atoms with van der Waals surface area (Å²) >= 11 is -0.706. The van der Waals surface area contributed by atoms with Crippen LogP contribution in [0.4, 0.5) is 52.7 Å². The van der Waals surface area contributed by atoms with Gasteiger partial charge in [-0.1, -0.05) is 0 Å². The topological polar surface area (TPSA) is 0 Å². The summed E-state index contributed by atoms with van der Waals surface area (Å²) < 4.78 is 140. The standard InChI is InChI=1S/C6F12I/c7-1(8)2(9,10)3(11,12)4(13,14)5(15,16)6(17,18)19. The van der Waals surface area contributed by atoms with E-state index >= 15 is 0 Å². The summed E-state index contributed by atoms with van der Waals surface area (Å²) in [6, 6.07) is 0. The third-order valence-electron chi connectivity index (χ3n) is 1.78. The molecule has 0 atom stereocenters. The van der Waals surface area contributed by atoms with E-state index in [1.165, 1.54) is 0 Å². The summed E-state index contributed by atoms with van der Waals surface area (Å²) in [6.07, 6.45) is -4.62. The minimum atomic E-state index is -7.43. The molecule has 0 amide bonds. The zero-order chi connectivity index (χ0) is 16.1. The van der Waals surface area contributed by atoms with Crippen LogP contribution in [-0.4, -0.2) is 27.6 Å². The zero-order valence-corrected chi connectivity index (χ0v) is 10.1. The summed E-state index contributed by atoms with van der Waals surface area (Å²) in [5, 5.41) is 0. The first-order chi connectivity index (χ1) is 7.94. The molecule has 1 radical (unpaired) electrons. The molecule has 0 aliphatic carbocycles. The van der Waals surface area contributed by atoms with Crippen molar-refractivity contribution in [1.82, 2.24) is 0 Å². The van der Waals surface area contributed by atoms with Gasteiger partial charge in [0.05, 0.1) is 0 Å². The fourth-order valence-electron chi connectivity index (χ4n) is 0.691. The Morgan fingerprint density at radius 1 is 0.579 bits per heavy atom. The van der Waals surface area contributed by atoms with E-state index in [0.29, 0.717) is 0 Å². The van der Waals surface area contributed by atoms with Gasteiger partial charge in [0.2, 0.25) is 0 Å². The Balaban J connectivity index is 5.92. The van der Waals surface area contributed by atoms with Crippen LogP contribution < -0.4 is 0 Å². The molecule has 0 fully saturated rings. The Hall–Kier alpha value is -0.110. The highest BCUT2D eigenvalue weighted by Gasteiger charge is 2.87. The molecule has 19 heavy (non-hydrogen) atoms. The summed E-state index contributed by atoms with van der Waals surface area (Å²) in [6.45, 7) is 0. The lowest BCUT2D eigenvalue weighted by molar-refractivity contribution is -0.389. The smallest absolute Gasteiger partial charge is 0.192 e. The Kier molecular flexibility index (Phi) is 4.69. The summed E-state index contributed by atoms with van der Waals surface area (Å²) in [7, 11) is 0. The van der Waals surface area contributed by atoms with E-state index in [9.17, 15) is 52.7 Å². The molecule has 0 unspecified atom stereocenters. The Labute approximate surface area is 110 Å². The van der Waals surface area contributed by atoms with Crippen molar-refractivity contribution in [1.29, 1.82) is 0 Å². The van der Waals surface area contributed by atoms with Crippen LogP contribution in [0.3, 0.4) is 0 Å². The van der Waals surface area contributed by atoms with Crippen molar-refractivity contribution in [2.45, 2.75) is 27.6 Å². The monoisotopic (exact) mass is 427 g/mol. The van der Waals surface area contributed by atoms with Crippen LogP contribution >= 0.6 is 22.6 Å². The van der Waals surface area contributed by atoms with Crippen molar-refractivity contribution in [2.75, 3.05) is 0 Å². The van der Waals surface area contributed by atoms with E-state index in [0.717, 1.165) is 0 Å². The Bertz CT molecular complexity index is 328. The predicted octanol–water partition coefficient (Wildman–Crippen LogP) is 4.98. The highest BCUT2D eigenvalue weighted by atomic mass is 127. The van der Waals surface area contributed by atoms with E-state index < -0.39 is 56.6 Å². The summed E-state index contributed by atoms with van der Waals surface area (Å²) in [5.41, 5.74) is 0. The lowest BCUT2D eigenvalue weighted by atomic mass is 9.99. The molecule has 0 aromatic carbocycles. The predicted molar refractivity (Wildman–Crippen MR) is 44.2 cm³/mol. The number of rotatable bonds is 5. The van der Waals surface area contributed by atoms with E-state index in [4.69, 9.17) is 0 Å². The average Bonchev–Trinajstić information content (AvgIpc) is 2.14. The summed E-state index contributed by atoms with van der Waals surface area (Å²) in [5.74, 6) is -28.9. The lowest BCUT2D eigenvalue weighted by Crippen LogP contribution is -2.66. The van der Waals surface area contributed by atoms with Gasteiger partial charge in [-0.3, -0.25) is 0 Å². The number of halogens is 13. The van der Waals surface area contributed by atoms with Crippen LogP contribution in [0.25, 0.3) is 0 Å². The van der Waals surface area contributed by atoms with E-state index in [2.05, 4.69) is 0 Å². The van der Waals surface area contributed by atoms with Gasteiger partial charge in [0, 0.05) is 22.6 Å². The first-order valence-electron chi connectivity index (χ1n) is 3.71. The molecule has 0 aliphatic heterocycles. The van der Waals surface area contributed by atoms with Crippen molar-refractivity contribution >= 4 is 22.6 Å². The quantitative estimate of drug-likeness (QED) is 0.330. The zero-order valence-electron chi connectivity index (χ0n) is 7.91. The second kappa shape index (κ2) is 4.72. The van der Waals surface area contributed by atoms with Gasteiger partial charge >= 0.3 is 34.0 Å². The maximum Gasteiger partial charge on any atom is 0.387 e. The number of hydrogen-bond donors (Lipinski definition) is 0. The van der Waals surface area contributed by atoms with Gasteiger partial charge < -0.3 is 0 Å². The van der Waals surface area contributed by atoms with Gasteiger partial charge in [-0.25, -0.2) is 0 Å². The normalized spacial score (nSPS) is 16.1. The molecule has 0 saturated carbocycles. The fourth-order valence-corrected chi connectivity index (χ4v) is 1.03. The SMILES string of the molecule is F[C](F)C(F)(F)C(F)(F)C(F)(F)C(F)(F)C(F)(F)I.